The van der Waals surface area contributed by atoms with Crippen molar-refractivity contribution in [1.82, 2.24) is 15.5 Å². The SMILES string of the molecule is CSCCC(NC(=O)C(N)CO)C(=O)N1CCCC1C(=O)NC(Cc1ccc(O)cc1)C(=O)O. The molecule has 1 aliphatic heterocycles. The summed E-state index contributed by atoms with van der Waals surface area (Å²) in [6, 6.07) is 1.83. The summed E-state index contributed by atoms with van der Waals surface area (Å²) in [6.07, 6.45) is 3.09. The average molecular weight is 497 g/mol. The van der Waals surface area contributed by atoms with Crippen molar-refractivity contribution in [2.24, 2.45) is 5.73 Å². The maximum absolute atomic E-state index is 13.2. The second-order valence-corrected chi connectivity index (χ2v) is 9.08. The van der Waals surface area contributed by atoms with Crippen molar-refractivity contribution in [1.29, 1.82) is 0 Å². The van der Waals surface area contributed by atoms with E-state index in [2.05, 4.69) is 10.6 Å². The lowest BCUT2D eigenvalue weighted by molar-refractivity contribution is -0.145. The highest BCUT2D eigenvalue weighted by Crippen LogP contribution is 2.20. The lowest BCUT2D eigenvalue weighted by atomic mass is 10.0. The van der Waals surface area contributed by atoms with Gasteiger partial charge < -0.3 is 36.6 Å². The molecule has 3 amide bonds. The summed E-state index contributed by atoms with van der Waals surface area (Å²) in [7, 11) is 0. The van der Waals surface area contributed by atoms with E-state index in [-0.39, 0.29) is 12.2 Å². The van der Waals surface area contributed by atoms with Gasteiger partial charge in [-0.25, -0.2) is 4.79 Å². The molecule has 188 valence electrons. The number of aromatic hydroxyl groups is 1. The minimum atomic E-state index is -1.22. The number of amides is 3. The normalized spacial score (nSPS) is 18.1. The Kier molecular flexibility index (Phi) is 10.6. The summed E-state index contributed by atoms with van der Waals surface area (Å²) in [5.41, 5.74) is 6.17. The first kappa shape index (κ1) is 27.4. The van der Waals surface area contributed by atoms with Gasteiger partial charge in [0.2, 0.25) is 17.7 Å². The Hall–Kier alpha value is -2.83. The summed E-state index contributed by atoms with van der Waals surface area (Å²) in [5, 5.41) is 33.2. The van der Waals surface area contributed by atoms with E-state index >= 15 is 0 Å². The molecule has 1 aromatic carbocycles. The van der Waals surface area contributed by atoms with Crippen molar-refractivity contribution in [3.05, 3.63) is 29.8 Å². The first-order valence-electron chi connectivity index (χ1n) is 10.9. The number of hydrogen-bond acceptors (Lipinski definition) is 8. The second-order valence-electron chi connectivity index (χ2n) is 8.09. The number of nitrogens with one attached hydrogen (secondary N) is 2. The Morgan fingerprint density at radius 2 is 1.85 bits per heavy atom. The van der Waals surface area contributed by atoms with Gasteiger partial charge in [-0.3, -0.25) is 14.4 Å². The number of nitrogens with zero attached hydrogens (tertiary/aromatic N) is 1. The third kappa shape index (κ3) is 7.61. The molecule has 11 nitrogen and oxygen atoms in total. The van der Waals surface area contributed by atoms with Gasteiger partial charge in [0.25, 0.3) is 0 Å². The van der Waals surface area contributed by atoms with E-state index in [9.17, 15) is 29.4 Å². The number of phenolic OH excluding ortho intramolecular Hbond substituents is 1. The monoisotopic (exact) mass is 496 g/mol. The number of aliphatic hydroxyl groups excluding tert-OH is 1. The molecule has 0 radical (unpaired) electrons. The predicted octanol–water partition coefficient (Wildman–Crippen LogP) is -0.947. The Labute approximate surface area is 202 Å². The predicted molar refractivity (Wildman–Crippen MR) is 126 cm³/mol. The van der Waals surface area contributed by atoms with Crippen LogP contribution in [-0.2, 0) is 25.6 Å². The summed E-state index contributed by atoms with van der Waals surface area (Å²) < 4.78 is 0. The van der Waals surface area contributed by atoms with Gasteiger partial charge in [-0.2, -0.15) is 11.8 Å². The van der Waals surface area contributed by atoms with Crippen molar-refractivity contribution < 1.29 is 34.5 Å². The number of aliphatic hydroxyl groups is 1. The van der Waals surface area contributed by atoms with Gasteiger partial charge in [-0.1, -0.05) is 12.1 Å². The van der Waals surface area contributed by atoms with Crippen LogP contribution in [0.15, 0.2) is 24.3 Å². The highest BCUT2D eigenvalue weighted by molar-refractivity contribution is 7.98. The number of phenols is 1. The number of carbonyl (C=O) groups is 4. The van der Waals surface area contributed by atoms with Crippen LogP contribution < -0.4 is 16.4 Å². The molecule has 0 aliphatic carbocycles. The minimum Gasteiger partial charge on any atom is -0.508 e. The summed E-state index contributed by atoms with van der Waals surface area (Å²) in [4.78, 5) is 51.5. The van der Waals surface area contributed by atoms with E-state index < -0.39 is 54.5 Å². The molecule has 4 unspecified atom stereocenters. The van der Waals surface area contributed by atoms with Crippen LogP contribution in [0.3, 0.4) is 0 Å². The summed E-state index contributed by atoms with van der Waals surface area (Å²) in [6.45, 7) is -0.272. The van der Waals surface area contributed by atoms with E-state index in [4.69, 9.17) is 10.8 Å². The quantitative estimate of drug-likeness (QED) is 0.212. The van der Waals surface area contributed by atoms with Crippen LogP contribution in [0, 0.1) is 0 Å². The van der Waals surface area contributed by atoms with Crippen LogP contribution in [-0.4, -0.2) is 93.2 Å². The fourth-order valence-electron chi connectivity index (χ4n) is 3.69. The minimum absolute atomic E-state index is 0.00741. The number of nitrogens with two attached hydrogens (primary N) is 1. The van der Waals surface area contributed by atoms with Crippen molar-refractivity contribution in [2.45, 2.75) is 49.9 Å². The molecular formula is C22H32N4O7S. The molecule has 1 fully saturated rings. The Morgan fingerprint density at radius 3 is 2.44 bits per heavy atom. The molecule has 12 heteroatoms. The highest BCUT2D eigenvalue weighted by atomic mass is 32.2. The fourth-order valence-corrected chi connectivity index (χ4v) is 4.17. The van der Waals surface area contributed by atoms with Gasteiger partial charge in [0.05, 0.1) is 6.61 Å². The number of rotatable bonds is 12. The molecule has 1 aliphatic rings. The highest BCUT2D eigenvalue weighted by Gasteiger charge is 2.39. The topological polar surface area (TPSA) is 182 Å². The number of carbonyl (C=O) groups excluding carboxylic acids is 3. The molecule has 0 bridgehead atoms. The molecule has 34 heavy (non-hydrogen) atoms. The van der Waals surface area contributed by atoms with Crippen LogP contribution in [0.5, 0.6) is 5.75 Å². The van der Waals surface area contributed by atoms with Crippen LogP contribution in [0.1, 0.15) is 24.8 Å². The zero-order valence-corrected chi connectivity index (χ0v) is 19.8. The van der Waals surface area contributed by atoms with Gasteiger partial charge in [-0.15, -0.1) is 0 Å². The molecule has 7 N–H and O–H groups in total. The van der Waals surface area contributed by atoms with Crippen molar-refractivity contribution in [2.75, 3.05) is 25.2 Å². The Balaban J connectivity index is 2.11. The van der Waals surface area contributed by atoms with Crippen molar-refractivity contribution in [3.63, 3.8) is 0 Å². The number of aliphatic carboxylic acids is 1. The smallest absolute Gasteiger partial charge is 0.326 e. The Morgan fingerprint density at radius 1 is 1.18 bits per heavy atom. The molecule has 0 aromatic heterocycles. The van der Waals surface area contributed by atoms with E-state index in [1.807, 2.05) is 6.26 Å². The largest absolute Gasteiger partial charge is 0.508 e. The molecule has 1 aromatic rings. The lowest BCUT2D eigenvalue weighted by Crippen LogP contribution is -2.57. The van der Waals surface area contributed by atoms with Crippen LogP contribution in [0.25, 0.3) is 0 Å². The molecule has 4 atom stereocenters. The standard InChI is InChI=1S/C22H32N4O7S/c1-34-10-8-16(24-19(29)15(23)12-27)21(31)26-9-2-3-18(26)20(30)25-17(22(32)33)11-13-4-6-14(28)7-5-13/h4-7,15-18,27-28H,2-3,8-12,23H2,1H3,(H,24,29)(H,25,30)(H,32,33). The number of benzene rings is 1. The third-order valence-corrected chi connectivity index (χ3v) is 6.23. The maximum atomic E-state index is 13.2. The third-order valence-electron chi connectivity index (χ3n) is 5.59. The van der Waals surface area contributed by atoms with E-state index in [1.54, 1.807) is 12.1 Å². The van der Waals surface area contributed by atoms with Gasteiger partial charge >= 0.3 is 5.97 Å². The average Bonchev–Trinajstić information content (AvgIpc) is 3.31. The van der Waals surface area contributed by atoms with Crippen LogP contribution in [0.4, 0.5) is 0 Å². The molecule has 0 spiro atoms. The molecule has 1 heterocycles. The van der Waals surface area contributed by atoms with Gasteiger partial charge in [-0.05, 0) is 49.0 Å². The zero-order chi connectivity index (χ0) is 25.3. The Bertz CT molecular complexity index is 867. The number of likely N-dealkylation sites (tertiary alicyclic amines) is 1. The van der Waals surface area contributed by atoms with E-state index in [0.717, 1.165) is 0 Å². The first-order chi connectivity index (χ1) is 16.2. The van der Waals surface area contributed by atoms with Crippen molar-refractivity contribution in [3.8, 4) is 5.75 Å². The fraction of sp³-hybridized carbons (Fsp3) is 0.545. The molecular weight excluding hydrogens is 464 g/mol. The second kappa shape index (κ2) is 13.2. The molecule has 1 saturated heterocycles. The van der Waals surface area contributed by atoms with Crippen LogP contribution in [0.2, 0.25) is 0 Å². The van der Waals surface area contributed by atoms with E-state index in [1.165, 1.54) is 28.8 Å². The van der Waals surface area contributed by atoms with Crippen molar-refractivity contribution >= 4 is 35.5 Å². The van der Waals surface area contributed by atoms with Crippen LogP contribution >= 0.6 is 11.8 Å². The number of thioether (sulfide) groups is 1. The molecule has 0 saturated carbocycles. The maximum Gasteiger partial charge on any atom is 0.326 e. The summed E-state index contributed by atoms with van der Waals surface area (Å²) in [5.74, 6) is -2.30. The van der Waals surface area contributed by atoms with Gasteiger partial charge in [0.1, 0.15) is 29.9 Å². The number of carboxylic acid groups (broad SMARTS) is 1. The zero-order valence-electron chi connectivity index (χ0n) is 19.0. The van der Waals surface area contributed by atoms with Gasteiger partial charge in [0, 0.05) is 13.0 Å². The number of hydrogen-bond donors (Lipinski definition) is 6. The van der Waals surface area contributed by atoms with Gasteiger partial charge in [0.15, 0.2) is 0 Å². The first-order valence-corrected chi connectivity index (χ1v) is 12.3. The lowest BCUT2D eigenvalue weighted by Gasteiger charge is -2.30. The summed E-state index contributed by atoms with van der Waals surface area (Å²) >= 11 is 1.49. The van der Waals surface area contributed by atoms with E-state index in [0.29, 0.717) is 37.1 Å². The number of carboxylic acids is 1. The molecule has 2 rings (SSSR count).